The zero-order valence-corrected chi connectivity index (χ0v) is 12.5. The van der Waals surface area contributed by atoms with Crippen molar-refractivity contribution in [1.29, 1.82) is 0 Å². The minimum Gasteiger partial charge on any atom is -0.392 e. The number of pyridine rings is 1. The predicted molar refractivity (Wildman–Crippen MR) is 76.8 cm³/mol. The molecule has 0 saturated heterocycles. The van der Waals surface area contributed by atoms with Crippen molar-refractivity contribution in [2.24, 2.45) is 0 Å². The van der Waals surface area contributed by atoms with Crippen LogP contribution in [0.1, 0.15) is 16.7 Å². The largest absolute Gasteiger partial charge is 0.416 e. The van der Waals surface area contributed by atoms with E-state index in [1.807, 2.05) is 6.07 Å². The number of halogens is 4. The highest BCUT2D eigenvalue weighted by atomic mass is 79.9. The van der Waals surface area contributed by atoms with Crippen molar-refractivity contribution < 1.29 is 18.3 Å². The Morgan fingerprint density at radius 3 is 2.24 bits per heavy atom. The highest BCUT2D eigenvalue weighted by molar-refractivity contribution is 9.10. The fourth-order valence-corrected chi connectivity index (χ4v) is 2.43. The van der Waals surface area contributed by atoms with Crippen LogP contribution >= 0.6 is 15.9 Å². The summed E-state index contributed by atoms with van der Waals surface area (Å²) in [4.78, 5) is 4.00. The Morgan fingerprint density at radius 2 is 1.67 bits per heavy atom. The van der Waals surface area contributed by atoms with E-state index in [0.717, 1.165) is 22.2 Å². The fraction of sp³-hybridized carbons (Fsp3) is 0.267. The summed E-state index contributed by atoms with van der Waals surface area (Å²) in [5, 5.41) is 10.0. The monoisotopic (exact) mass is 359 g/mol. The molecule has 0 aliphatic rings. The molecule has 0 bridgehead atoms. The Kier molecular flexibility index (Phi) is 5.00. The first kappa shape index (κ1) is 16.0. The van der Waals surface area contributed by atoms with E-state index in [1.165, 1.54) is 12.1 Å². The van der Waals surface area contributed by atoms with Crippen molar-refractivity contribution in [3.63, 3.8) is 0 Å². The third kappa shape index (κ3) is 4.82. The van der Waals surface area contributed by atoms with Gasteiger partial charge in [-0.15, -0.1) is 0 Å². The third-order valence-corrected chi connectivity index (χ3v) is 3.42. The lowest BCUT2D eigenvalue weighted by Crippen LogP contribution is -2.14. The smallest absolute Gasteiger partial charge is 0.392 e. The average Bonchev–Trinajstić information content (AvgIpc) is 2.38. The zero-order chi connectivity index (χ0) is 15.5. The lowest BCUT2D eigenvalue weighted by Gasteiger charge is -2.12. The standard InChI is InChI=1S/C15H13BrF3NO/c16-13-5-11(8-20-9-13)7-14(21)6-10-1-3-12(4-2-10)15(17,18)19/h1-5,8-9,14,21H,6-7H2. The Bertz CT molecular complexity index is 599. The highest BCUT2D eigenvalue weighted by Gasteiger charge is 2.29. The molecule has 0 amide bonds. The van der Waals surface area contributed by atoms with Crippen molar-refractivity contribution in [3.05, 3.63) is 63.9 Å². The molecule has 0 fully saturated rings. The van der Waals surface area contributed by atoms with Crippen LogP contribution in [0.3, 0.4) is 0 Å². The van der Waals surface area contributed by atoms with E-state index >= 15 is 0 Å². The van der Waals surface area contributed by atoms with Crippen LogP contribution in [0.15, 0.2) is 47.2 Å². The van der Waals surface area contributed by atoms with Crippen LogP contribution in [-0.2, 0) is 19.0 Å². The molecule has 112 valence electrons. The molecule has 1 N–H and O–H groups in total. The molecule has 0 radical (unpaired) electrons. The molecule has 2 aromatic rings. The molecule has 1 heterocycles. The molecule has 0 spiro atoms. The van der Waals surface area contributed by atoms with Gasteiger partial charge in [0.05, 0.1) is 11.7 Å². The average molecular weight is 360 g/mol. The molecule has 1 aromatic carbocycles. The lowest BCUT2D eigenvalue weighted by atomic mass is 10.0. The van der Waals surface area contributed by atoms with Crippen molar-refractivity contribution in [2.45, 2.75) is 25.1 Å². The van der Waals surface area contributed by atoms with Crippen LogP contribution in [-0.4, -0.2) is 16.2 Å². The van der Waals surface area contributed by atoms with Crippen LogP contribution in [0.25, 0.3) is 0 Å². The number of hydrogen-bond donors (Lipinski definition) is 1. The van der Waals surface area contributed by atoms with Gasteiger partial charge in [-0.1, -0.05) is 12.1 Å². The van der Waals surface area contributed by atoms with Crippen molar-refractivity contribution >= 4 is 15.9 Å². The van der Waals surface area contributed by atoms with Gasteiger partial charge in [0.15, 0.2) is 0 Å². The Labute approximate surface area is 128 Å². The van der Waals surface area contributed by atoms with Gasteiger partial charge < -0.3 is 5.11 Å². The zero-order valence-electron chi connectivity index (χ0n) is 10.9. The summed E-state index contributed by atoms with van der Waals surface area (Å²) in [5.41, 5.74) is 0.846. The SMILES string of the molecule is OC(Cc1ccc(C(F)(F)F)cc1)Cc1cncc(Br)c1. The quantitative estimate of drug-likeness (QED) is 0.894. The maximum atomic E-state index is 12.4. The number of aliphatic hydroxyl groups excluding tert-OH is 1. The Morgan fingerprint density at radius 1 is 1.05 bits per heavy atom. The van der Waals surface area contributed by atoms with E-state index in [9.17, 15) is 18.3 Å². The summed E-state index contributed by atoms with van der Waals surface area (Å²) < 4.78 is 38.2. The molecule has 21 heavy (non-hydrogen) atoms. The van der Waals surface area contributed by atoms with Crippen molar-refractivity contribution in [1.82, 2.24) is 4.98 Å². The number of hydrogen-bond acceptors (Lipinski definition) is 2. The van der Waals surface area contributed by atoms with Gasteiger partial charge in [0.1, 0.15) is 0 Å². The summed E-state index contributed by atoms with van der Waals surface area (Å²) in [6.45, 7) is 0. The number of aromatic nitrogens is 1. The third-order valence-electron chi connectivity index (χ3n) is 2.99. The maximum absolute atomic E-state index is 12.4. The van der Waals surface area contributed by atoms with Gasteiger partial charge in [-0.25, -0.2) is 0 Å². The van der Waals surface area contributed by atoms with E-state index in [-0.39, 0.29) is 0 Å². The normalized spacial score (nSPS) is 13.2. The number of aliphatic hydroxyl groups is 1. The fourth-order valence-electron chi connectivity index (χ4n) is 2.01. The van der Waals surface area contributed by atoms with Crippen molar-refractivity contribution in [3.8, 4) is 0 Å². The number of alkyl halides is 3. The second-order valence-corrected chi connectivity index (χ2v) is 5.68. The molecule has 6 heteroatoms. The summed E-state index contributed by atoms with van der Waals surface area (Å²) in [6, 6.07) is 6.70. The number of nitrogens with zero attached hydrogens (tertiary/aromatic N) is 1. The second kappa shape index (κ2) is 6.58. The molecule has 2 nitrogen and oxygen atoms in total. The van der Waals surface area contributed by atoms with Crippen LogP contribution < -0.4 is 0 Å². The van der Waals surface area contributed by atoms with Crippen LogP contribution in [0, 0.1) is 0 Å². The topological polar surface area (TPSA) is 33.1 Å². The van der Waals surface area contributed by atoms with E-state index in [0.29, 0.717) is 18.4 Å². The van der Waals surface area contributed by atoms with Gasteiger partial charge in [-0.2, -0.15) is 13.2 Å². The van der Waals surface area contributed by atoms with Gasteiger partial charge in [-0.05, 0) is 51.7 Å². The van der Waals surface area contributed by atoms with Gasteiger partial charge in [-0.3, -0.25) is 4.98 Å². The van der Waals surface area contributed by atoms with E-state index in [2.05, 4.69) is 20.9 Å². The molecule has 1 atom stereocenters. The van der Waals surface area contributed by atoms with Crippen LogP contribution in [0.4, 0.5) is 13.2 Å². The van der Waals surface area contributed by atoms with Crippen LogP contribution in [0.2, 0.25) is 0 Å². The summed E-state index contributed by atoms with van der Waals surface area (Å²) in [5.74, 6) is 0. The minimum absolute atomic E-state index is 0.296. The number of rotatable bonds is 4. The van der Waals surface area contributed by atoms with Gasteiger partial charge in [0, 0.05) is 23.3 Å². The second-order valence-electron chi connectivity index (χ2n) is 4.77. The summed E-state index contributed by atoms with van der Waals surface area (Å²) >= 11 is 3.29. The maximum Gasteiger partial charge on any atom is 0.416 e. The highest BCUT2D eigenvalue weighted by Crippen LogP contribution is 2.29. The molecule has 0 saturated carbocycles. The molecule has 2 rings (SSSR count). The molecule has 0 aliphatic carbocycles. The molecule has 1 aromatic heterocycles. The Balaban J connectivity index is 1.98. The van der Waals surface area contributed by atoms with E-state index < -0.39 is 17.8 Å². The summed E-state index contributed by atoms with van der Waals surface area (Å²) in [7, 11) is 0. The molecule has 1 unspecified atom stereocenters. The van der Waals surface area contributed by atoms with Crippen LogP contribution in [0.5, 0.6) is 0 Å². The molecular weight excluding hydrogens is 347 g/mol. The van der Waals surface area contributed by atoms with Gasteiger partial charge in [0.25, 0.3) is 0 Å². The predicted octanol–water partition coefficient (Wildman–Crippen LogP) is 4.01. The first-order valence-electron chi connectivity index (χ1n) is 6.28. The number of benzene rings is 1. The van der Waals surface area contributed by atoms with Crippen molar-refractivity contribution in [2.75, 3.05) is 0 Å². The molecule has 0 aliphatic heterocycles. The van der Waals surface area contributed by atoms with E-state index in [4.69, 9.17) is 0 Å². The summed E-state index contributed by atoms with van der Waals surface area (Å²) in [6.07, 6.45) is -1.01. The van der Waals surface area contributed by atoms with E-state index in [1.54, 1.807) is 12.4 Å². The molecular formula is C15H13BrF3NO. The minimum atomic E-state index is -4.33. The van der Waals surface area contributed by atoms with Gasteiger partial charge in [0.2, 0.25) is 0 Å². The van der Waals surface area contributed by atoms with Gasteiger partial charge >= 0.3 is 6.18 Å². The first-order valence-corrected chi connectivity index (χ1v) is 7.07. The lowest BCUT2D eigenvalue weighted by molar-refractivity contribution is -0.137. The Hall–Kier alpha value is -1.40. The first-order chi connectivity index (χ1) is 9.84.